The minimum atomic E-state index is -0.464. The van der Waals surface area contributed by atoms with Crippen molar-refractivity contribution in [1.82, 2.24) is 10.2 Å². The molecule has 5 nitrogen and oxygen atoms in total. The SMILES string of the molecule is CC(C)=CC(=O)NC(CC(C)C)C(=O)N1CCC(CO)CC1. The van der Waals surface area contributed by atoms with Crippen molar-refractivity contribution >= 4 is 11.8 Å². The van der Waals surface area contributed by atoms with E-state index in [-0.39, 0.29) is 18.4 Å². The molecule has 0 aromatic rings. The van der Waals surface area contributed by atoms with E-state index in [1.807, 2.05) is 32.6 Å². The average molecular weight is 310 g/mol. The highest BCUT2D eigenvalue weighted by molar-refractivity contribution is 5.93. The number of allylic oxidation sites excluding steroid dienone is 1. The van der Waals surface area contributed by atoms with Crippen molar-refractivity contribution < 1.29 is 14.7 Å². The molecule has 0 saturated carbocycles. The van der Waals surface area contributed by atoms with Crippen molar-refractivity contribution in [3.05, 3.63) is 11.6 Å². The Labute approximate surface area is 133 Å². The fourth-order valence-electron chi connectivity index (χ4n) is 2.72. The summed E-state index contributed by atoms with van der Waals surface area (Å²) in [6.07, 6.45) is 3.83. The molecule has 2 amide bonds. The van der Waals surface area contributed by atoms with E-state index in [4.69, 9.17) is 0 Å². The zero-order valence-electron chi connectivity index (χ0n) is 14.3. The number of aliphatic hydroxyl groups excluding tert-OH is 1. The highest BCUT2D eigenvalue weighted by Crippen LogP contribution is 2.18. The second-order valence-corrected chi connectivity index (χ2v) is 6.86. The van der Waals surface area contributed by atoms with Crippen LogP contribution in [0.15, 0.2) is 11.6 Å². The monoisotopic (exact) mass is 310 g/mol. The molecule has 0 aromatic heterocycles. The van der Waals surface area contributed by atoms with Gasteiger partial charge in [-0.15, -0.1) is 0 Å². The third kappa shape index (κ3) is 6.18. The lowest BCUT2D eigenvalue weighted by Gasteiger charge is -2.34. The van der Waals surface area contributed by atoms with E-state index >= 15 is 0 Å². The molecule has 0 aliphatic carbocycles. The Balaban J connectivity index is 2.68. The van der Waals surface area contributed by atoms with Gasteiger partial charge < -0.3 is 15.3 Å². The Morgan fingerprint density at radius 3 is 2.32 bits per heavy atom. The van der Waals surface area contributed by atoms with Gasteiger partial charge in [0.25, 0.3) is 0 Å². The number of hydrogen-bond acceptors (Lipinski definition) is 3. The van der Waals surface area contributed by atoms with Gasteiger partial charge in [-0.1, -0.05) is 19.4 Å². The molecule has 1 saturated heterocycles. The number of rotatable bonds is 6. The van der Waals surface area contributed by atoms with Gasteiger partial charge in [0.2, 0.25) is 11.8 Å². The van der Waals surface area contributed by atoms with Crippen LogP contribution in [0.2, 0.25) is 0 Å². The van der Waals surface area contributed by atoms with E-state index in [1.54, 1.807) is 0 Å². The fraction of sp³-hybridized carbons (Fsp3) is 0.765. The van der Waals surface area contributed by atoms with E-state index in [0.717, 1.165) is 18.4 Å². The number of piperidine rings is 1. The Hall–Kier alpha value is -1.36. The van der Waals surface area contributed by atoms with E-state index in [9.17, 15) is 14.7 Å². The number of hydrogen-bond donors (Lipinski definition) is 2. The predicted molar refractivity (Wildman–Crippen MR) is 87.2 cm³/mol. The summed E-state index contributed by atoms with van der Waals surface area (Å²) in [5, 5.41) is 12.0. The number of nitrogens with one attached hydrogen (secondary N) is 1. The van der Waals surface area contributed by atoms with E-state index in [2.05, 4.69) is 5.32 Å². The highest BCUT2D eigenvalue weighted by atomic mass is 16.3. The van der Waals surface area contributed by atoms with Crippen molar-refractivity contribution in [2.75, 3.05) is 19.7 Å². The lowest BCUT2D eigenvalue weighted by molar-refractivity contribution is -0.137. The third-order valence-electron chi connectivity index (χ3n) is 3.93. The molecule has 1 fully saturated rings. The average Bonchev–Trinajstić information content (AvgIpc) is 2.44. The van der Waals surface area contributed by atoms with Crippen molar-refractivity contribution in [2.24, 2.45) is 11.8 Å². The quantitative estimate of drug-likeness (QED) is 0.734. The smallest absolute Gasteiger partial charge is 0.245 e. The van der Waals surface area contributed by atoms with Crippen LogP contribution in [0.5, 0.6) is 0 Å². The molecule has 0 aromatic carbocycles. The van der Waals surface area contributed by atoms with Gasteiger partial charge in [0, 0.05) is 25.8 Å². The first-order valence-corrected chi connectivity index (χ1v) is 8.18. The van der Waals surface area contributed by atoms with Crippen LogP contribution < -0.4 is 5.32 Å². The highest BCUT2D eigenvalue weighted by Gasteiger charge is 2.29. The van der Waals surface area contributed by atoms with Crippen LogP contribution in [0.1, 0.15) is 47.0 Å². The van der Waals surface area contributed by atoms with Gasteiger partial charge in [0.1, 0.15) is 6.04 Å². The van der Waals surface area contributed by atoms with Crippen molar-refractivity contribution in [1.29, 1.82) is 0 Å². The molecule has 0 radical (unpaired) electrons. The standard InChI is InChI=1S/C17H30N2O3/c1-12(2)9-15(18-16(21)10-13(3)4)17(22)19-7-5-14(11-20)6-8-19/h10,12,14-15,20H,5-9,11H2,1-4H3,(H,18,21). The zero-order chi connectivity index (χ0) is 16.7. The first-order valence-electron chi connectivity index (χ1n) is 8.18. The Bertz CT molecular complexity index is 406. The molecule has 1 aliphatic rings. The van der Waals surface area contributed by atoms with Gasteiger partial charge >= 0.3 is 0 Å². The van der Waals surface area contributed by atoms with E-state index in [0.29, 0.717) is 31.3 Å². The molecule has 2 N–H and O–H groups in total. The maximum absolute atomic E-state index is 12.7. The van der Waals surface area contributed by atoms with Gasteiger partial charge in [-0.05, 0) is 44.9 Å². The first kappa shape index (κ1) is 18.7. The van der Waals surface area contributed by atoms with E-state index < -0.39 is 6.04 Å². The van der Waals surface area contributed by atoms with Crippen molar-refractivity contribution in [3.8, 4) is 0 Å². The summed E-state index contributed by atoms with van der Waals surface area (Å²) >= 11 is 0. The Kier molecular flexibility index (Phi) is 7.59. The van der Waals surface area contributed by atoms with Gasteiger partial charge in [-0.3, -0.25) is 9.59 Å². The molecule has 1 aliphatic heterocycles. The first-order chi connectivity index (χ1) is 10.3. The van der Waals surface area contributed by atoms with Crippen molar-refractivity contribution in [2.45, 2.75) is 53.0 Å². The molecular formula is C17H30N2O3. The molecule has 0 spiro atoms. The summed E-state index contributed by atoms with van der Waals surface area (Å²) in [7, 11) is 0. The van der Waals surface area contributed by atoms with Crippen molar-refractivity contribution in [3.63, 3.8) is 0 Å². The van der Waals surface area contributed by atoms with Crippen LogP contribution in [-0.2, 0) is 9.59 Å². The normalized spacial score (nSPS) is 17.3. The Morgan fingerprint density at radius 2 is 1.86 bits per heavy atom. The second kappa shape index (κ2) is 8.93. The number of carbonyl (C=O) groups is 2. The molecule has 1 heterocycles. The molecule has 1 atom stereocenters. The summed E-state index contributed by atoms with van der Waals surface area (Å²) in [6, 6.07) is -0.464. The molecule has 5 heteroatoms. The lowest BCUT2D eigenvalue weighted by atomic mass is 9.96. The van der Waals surface area contributed by atoms with Crippen LogP contribution in [0, 0.1) is 11.8 Å². The lowest BCUT2D eigenvalue weighted by Crippen LogP contribution is -2.51. The predicted octanol–water partition coefficient (Wildman–Crippen LogP) is 1.71. The number of amides is 2. The van der Waals surface area contributed by atoms with E-state index in [1.165, 1.54) is 6.08 Å². The van der Waals surface area contributed by atoms with Gasteiger partial charge in [0.15, 0.2) is 0 Å². The van der Waals surface area contributed by atoms with Crippen LogP contribution >= 0.6 is 0 Å². The van der Waals surface area contributed by atoms with Gasteiger partial charge in [-0.25, -0.2) is 0 Å². The van der Waals surface area contributed by atoms with Crippen LogP contribution in [0.4, 0.5) is 0 Å². The zero-order valence-corrected chi connectivity index (χ0v) is 14.3. The van der Waals surface area contributed by atoms with Gasteiger partial charge in [0.05, 0.1) is 0 Å². The fourth-order valence-corrected chi connectivity index (χ4v) is 2.72. The molecule has 1 unspecified atom stereocenters. The maximum Gasteiger partial charge on any atom is 0.245 e. The number of aliphatic hydroxyl groups is 1. The molecular weight excluding hydrogens is 280 g/mol. The Morgan fingerprint density at radius 1 is 1.27 bits per heavy atom. The van der Waals surface area contributed by atoms with Crippen LogP contribution in [-0.4, -0.2) is 47.6 Å². The summed E-state index contributed by atoms with van der Waals surface area (Å²) in [5.74, 6) is 0.425. The molecule has 0 bridgehead atoms. The summed E-state index contributed by atoms with van der Waals surface area (Å²) in [6.45, 7) is 9.33. The third-order valence-corrected chi connectivity index (χ3v) is 3.93. The summed E-state index contributed by atoms with van der Waals surface area (Å²) in [5.41, 5.74) is 0.914. The van der Waals surface area contributed by atoms with Crippen LogP contribution in [0.25, 0.3) is 0 Å². The van der Waals surface area contributed by atoms with Gasteiger partial charge in [-0.2, -0.15) is 0 Å². The molecule has 126 valence electrons. The molecule has 1 rings (SSSR count). The second-order valence-electron chi connectivity index (χ2n) is 6.86. The minimum absolute atomic E-state index is 0.000552. The summed E-state index contributed by atoms with van der Waals surface area (Å²) in [4.78, 5) is 26.4. The maximum atomic E-state index is 12.7. The topological polar surface area (TPSA) is 69.6 Å². The number of likely N-dealkylation sites (tertiary alicyclic amines) is 1. The number of nitrogens with zero attached hydrogens (tertiary/aromatic N) is 1. The number of carbonyl (C=O) groups excluding carboxylic acids is 2. The van der Waals surface area contributed by atoms with Crippen LogP contribution in [0.3, 0.4) is 0 Å². The summed E-state index contributed by atoms with van der Waals surface area (Å²) < 4.78 is 0. The largest absolute Gasteiger partial charge is 0.396 e. The molecule has 22 heavy (non-hydrogen) atoms. The minimum Gasteiger partial charge on any atom is -0.396 e.